The van der Waals surface area contributed by atoms with Crippen molar-refractivity contribution in [1.82, 2.24) is 4.90 Å². The molecule has 1 fully saturated rings. The van der Waals surface area contributed by atoms with Crippen LogP contribution in [0.1, 0.15) is 49.4 Å². The van der Waals surface area contributed by atoms with Crippen molar-refractivity contribution in [1.29, 1.82) is 0 Å². The smallest absolute Gasteiger partial charge is 0.303 e. The molecule has 1 aliphatic heterocycles. The molecule has 5 heteroatoms. The third-order valence-electron chi connectivity index (χ3n) is 4.30. The van der Waals surface area contributed by atoms with E-state index in [1.54, 1.807) is 12.1 Å². The Morgan fingerprint density at radius 2 is 2.00 bits per heavy atom. The molecule has 1 atom stereocenters. The SMILES string of the molecule is CCOc1ccc(C(=O)CCN2CCCC2CCC(=O)O)cc1. The number of hydrogen-bond acceptors (Lipinski definition) is 4. The number of ether oxygens (including phenoxy) is 1. The van der Waals surface area contributed by atoms with Gasteiger partial charge in [0.25, 0.3) is 0 Å². The standard InChI is InChI=1S/C18H25NO4/c1-2-23-16-8-5-14(6-9-16)17(20)11-13-19-12-3-4-15(19)7-10-18(21)22/h5-6,8-9,15H,2-4,7,10-13H2,1H3,(H,21,22). The first kappa shape index (κ1) is 17.5. The lowest BCUT2D eigenvalue weighted by Crippen LogP contribution is -2.32. The van der Waals surface area contributed by atoms with E-state index in [4.69, 9.17) is 9.84 Å². The van der Waals surface area contributed by atoms with Gasteiger partial charge in [0.2, 0.25) is 0 Å². The summed E-state index contributed by atoms with van der Waals surface area (Å²) in [6.07, 6.45) is 3.46. The normalized spacial score (nSPS) is 18.0. The molecule has 0 saturated carbocycles. The van der Waals surface area contributed by atoms with Crippen molar-refractivity contribution >= 4 is 11.8 Å². The van der Waals surface area contributed by atoms with Gasteiger partial charge in [-0.2, -0.15) is 0 Å². The number of hydrogen-bond donors (Lipinski definition) is 1. The zero-order valence-corrected chi connectivity index (χ0v) is 13.7. The third-order valence-corrected chi connectivity index (χ3v) is 4.30. The van der Waals surface area contributed by atoms with Gasteiger partial charge < -0.3 is 9.84 Å². The number of aliphatic carboxylic acids is 1. The second-order valence-corrected chi connectivity index (χ2v) is 5.90. The molecule has 0 bridgehead atoms. The van der Waals surface area contributed by atoms with E-state index in [0.717, 1.165) is 25.1 Å². The summed E-state index contributed by atoms with van der Waals surface area (Å²) in [7, 11) is 0. The van der Waals surface area contributed by atoms with Gasteiger partial charge in [-0.1, -0.05) is 0 Å². The van der Waals surface area contributed by atoms with E-state index in [1.807, 2.05) is 19.1 Å². The second-order valence-electron chi connectivity index (χ2n) is 5.90. The van der Waals surface area contributed by atoms with Crippen LogP contribution in [-0.4, -0.2) is 47.5 Å². The van der Waals surface area contributed by atoms with Crippen molar-refractivity contribution < 1.29 is 19.4 Å². The number of Topliss-reactive ketones (excluding diaryl/α,β-unsaturated/α-hetero) is 1. The fourth-order valence-corrected chi connectivity index (χ4v) is 3.10. The first-order chi connectivity index (χ1) is 11.1. The third kappa shape index (κ3) is 5.36. The summed E-state index contributed by atoms with van der Waals surface area (Å²) in [5.41, 5.74) is 0.703. The molecule has 1 aromatic rings. The summed E-state index contributed by atoms with van der Waals surface area (Å²) in [5.74, 6) is 0.150. The number of carbonyl (C=O) groups is 2. The van der Waals surface area contributed by atoms with Crippen molar-refractivity contribution in [2.45, 2.75) is 45.1 Å². The quantitative estimate of drug-likeness (QED) is 0.709. The van der Waals surface area contributed by atoms with Crippen LogP contribution in [0.3, 0.4) is 0 Å². The van der Waals surface area contributed by atoms with Gasteiger partial charge in [0.05, 0.1) is 6.61 Å². The molecule has 0 radical (unpaired) electrons. The maximum Gasteiger partial charge on any atom is 0.303 e. The van der Waals surface area contributed by atoms with Gasteiger partial charge in [0.15, 0.2) is 5.78 Å². The fourth-order valence-electron chi connectivity index (χ4n) is 3.10. The molecule has 0 aromatic heterocycles. The summed E-state index contributed by atoms with van der Waals surface area (Å²) in [5, 5.41) is 8.80. The average molecular weight is 319 g/mol. The lowest BCUT2D eigenvalue weighted by Gasteiger charge is -2.23. The van der Waals surface area contributed by atoms with Crippen LogP contribution in [0, 0.1) is 0 Å². The molecule has 126 valence electrons. The second kappa shape index (κ2) is 8.67. The maximum absolute atomic E-state index is 12.3. The molecule has 1 heterocycles. The summed E-state index contributed by atoms with van der Waals surface area (Å²) >= 11 is 0. The van der Waals surface area contributed by atoms with E-state index in [9.17, 15) is 9.59 Å². The number of benzene rings is 1. The van der Waals surface area contributed by atoms with Crippen LogP contribution >= 0.6 is 0 Å². The van der Waals surface area contributed by atoms with Gasteiger partial charge in [-0.15, -0.1) is 0 Å². The zero-order chi connectivity index (χ0) is 16.7. The highest BCUT2D eigenvalue weighted by molar-refractivity contribution is 5.96. The molecule has 0 amide bonds. The molecule has 0 aliphatic carbocycles. The van der Waals surface area contributed by atoms with Gasteiger partial charge in [-0.25, -0.2) is 0 Å². The molecule has 1 aromatic carbocycles. The number of rotatable bonds is 9. The largest absolute Gasteiger partial charge is 0.494 e. The van der Waals surface area contributed by atoms with Crippen molar-refractivity contribution in [2.24, 2.45) is 0 Å². The van der Waals surface area contributed by atoms with Crippen molar-refractivity contribution in [3.63, 3.8) is 0 Å². The lowest BCUT2D eigenvalue weighted by molar-refractivity contribution is -0.137. The Morgan fingerprint density at radius 1 is 1.26 bits per heavy atom. The van der Waals surface area contributed by atoms with Crippen LogP contribution in [0.2, 0.25) is 0 Å². The topological polar surface area (TPSA) is 66.8 Å². The summed E-state index contributed by atoms with van der Waals surface area (Å²) in [6.45, 7) is 4.20. The molecular formula is C18H25NO4. The Balaban J connectivity index is 1.82. The maximum atomic E-state index is 12.3. The van der Waals surface area contributed by atoms with Crippen LogP contribution in [-0.2, 0) is 4.79 Å². The monoisotopic (exact) mass is 319 g/mol. The lowest BCUT2D eigenvalue weighted by atomic mass is 10.1. The van der Waals surface area contributed by atoms with Crippen LogP contribution < -0.4 is 4.74 Å². The summed E-state index contributed by atoms with van der Waals surface area (Å²) in [4.78, 5) is 25.2. The highest BCUT2D eigenvalue weighted by atomic mass is 16.5. The minimum Gasteiger partial charge on any atom is -0.494 e. The number of nitrogens with zero attached hydrogens (tertiary/aromatic N) is 1. The number of carbonyl (C=O) groups excluding carboxylic acids is 1. The predicted octanol–water partition coefficient (Wildman–Crippen LogP) is 2.99. The Morgan fingerprint density at radius 3 is 2.65 bits per heavy atom. The fraction of sp³-hybridized carbons (Fsp3) is 0.556. The van der Waals surface area contributed by atoms with E-state index in [1.165, 1.54) is 0 Å². The first-order valence-corrected chi connectivity index (χ1v) is 8.32. The van der Waals surface area contributed by atoms with Crippen LogP contribution in [0.25, 0.3) is 0 Å². The molecule has 1 saturated heterocycles. The summed E-state index contributed by atoms with van der Waals surface area (Å²) < 4.78 is 5.37. The van der Waals surface area contributed by atoms with Gasteiger partial charge in [-0.3, -0.25) is 14.5 Å². The Kier molecular flexibility index (Phi) is 6.59. The Bertz CT molecular complexity index is 526. The molecule has 1 aliphatic rings. The molecule has 1 unspecified atom stereocenters. The van der Waals surface area contributed by atoms with E-state index < -0.39 is 5.97 Å². The van der Waals surface area contributed by atoms with Gasteiger partial charge in [0.1, 0.15) is 5.75 Å². The Hall–Kier alpha value is -1.88. The molecular weight excluding hydrogens is 294 g/mol. The molecule has 1 N–H and O–H groups in total. The summed E-state index contributed by atoms with van der Waals surface area (Å²) in [6, 6.07) is 7.56. The van der Waals surface area contributed by atoms with Crippen molar-refractivity contribution in [2.75, 3.05) is 19.7 Å². The van der Waals surface area contributed by atoms with E-state index in [0.29, 0.717) is 37.6 Å². The zero-order valence-electron chi connectivity index (χ0n) is 13.7. The van der Waals surface area contributed by atoms with Gasteiger partial charge in [-0.05, 0) is 57.0 Å². The van der Waals surface area contributed by atoms with Crippen molar-refractivity contribution in [3.05, 3.63) is 29.8 Å². The molecule has 0 spiro atoms. The minimum atomic E-state index is -0.748. The van der Waals surface area contributed by atoms with Crippen LogP contribution in [0.4, 0.5) is 0 Å². The predicted molar refractivity (Wildman–Crippen MR) is 88.0 cm³/mol. The van der Waals surface area contributed by atoms with Crippen LogP contribution in [0.15, 0.2) is 24.3 Å². The van der Waals surface area contributed by atoms with Gasteiger partial charge in [0, 0.05) is 31.0 Å². The number of carboxylic acids is 1. The number of carboxylic acid groups (broad SMARTS) is 1. The molecule has 23 heavy (non-hydrogen) atoms. The average Bonchev–Trinajstić information content (AvgIpc) is 2.99. The van der Waals surface area contributed by atoms with Gasteiger partial charge >= 0.3 is 5.97 Å². The Labute approximate surface area is 137 Å². The van der Waals surface area contributed by atoms with E-state index in [2.05, 4.69) is 4.90 Å². The highest BCUT2D eigenvalue weighted by Crippen LogP contribution is 2.22. The number of likely N-dealkylation sites (tertiary alicyclic amines) is 1. The number of ketones is 1. The molecule has 5 nitrogen and oxygen atoms in total. The molecule has 2 rings (SSSR count). The minimum absolute atomic E-state index is 0.122. The van der Waals surface area contributed by atoms with Crippen molar-refractivity contribution in [3.8, 4) is 5.75 Å². The van der Waals surface area contributed by atoms with E-state index in [-0.39, 0.29) is 12.2 Å². The highest BCUT2D eigenvalue weighted by Gasteiger charge is 2.25. The van der Waals surface area contributed by atoms with Crippen LogP contribution in [0.5, 0.6) is 5.75 Å². The van der Waals surface area contributed by atoms with E-state index >= 15 is 0 Å². The first-order valence-electron chi connectivity index (χ1n) is 8.32.